The van der Waals surface area contributed by atoms with Gasteiger partial charge in [0, 0.05) is 29.6 Å². The van der Waals surface area contributed by atoms with Crippen LogP contribution in [0.3, 0.4) is 0 Å². The predicted molar refractivity (Wildman–Crippen MR) is 120 cm³/mol. The molecule has 160 valence electrons. The average Bonchev–Trinajstić information content (AvgIpc) is 3.49. The quantitative estimate of drug-likeness (QED) is 0.390. The van der Waals surface area contributed by atoms with Crippen LogP contribution in [0.1, 0.15) is 35.8 Å². The zero-order valence-corrected chi connectivity index (χ0v) is 17.8. The molecule has 0 spiro atoms. The van der Waals surface area contributed by atoms with E-state index in [4.69, 9.17) is 9.15 Å². The predicted octanol–water partition coefficient (Wildman–Crippen LogP) is 3.34. The molecule has 0 aliphatic rings. The van der Waals surface area contributed by atoms with Crippen LogP contribution in [0, 0.1) is 0 Å². The fraction of sp³-hybridized carbons (Fsp3) is 0.240. The molecule has 1 amide bonds. The van der Waals surface area contributed by atoms with E-state index in [-0.39, 0.29) is 17.9 Å². The summed E-state index contributed by atoms with van der Waals surface area (Å²) in [6.07, 6.45) is 3.69. The number of amides is 1. The number of carbonyl (C=O) groups excluding carboxylic acids is 1. The molecule has 0 fully saturated rings. The van der Waals surface area contributed by atoms with Gasteiger partial charge in [0.25, 0.3) is 5.91 Å². The molecule has 0 saturated carbocycles. The molecule has 0 radical (unpaired) electrons. The fourth-order valence-corrected chi connectivity index (χ4v) is 3.86. The highest BCUT2D eigenvalue weighted by Gasteiger charge is 2.20. The van der Waals surface area contributed by atoms with Crippen LogP contribution < -0.4 is 15.4 Å². The number of para-hydroxylation sites is 1. The number of hydrogen-bond donors (Lipinski definition) is 3. The van der Waals surface area contributed by atoms with Gasteiger partial charge in [0.15, 0.2) is 12.3 Å². The number of nitrogens with one attached hydrogen (secondary N) is 2. The van der Waals surface area contributed by atoms with Gasteiger partial charge in [-0.2, -0.15) is 0 Å². The number of methoxy groups -OCH3 is 1. The summed E-state index contributed by atoms with van der Waals surface area (Å²) < 4.78 is 10.7. The first kappa shape index (κ1) is 20.8. The van der Waals surface area contributed by atoms with Crippen molar-refractivity contribution in [2.75, 3.05) is 20.2 Å². The maximum Gasteiger partial charge on any atom is 0.275 e. The van der Waals surface area contributed by atoms with Gasteiger partial charge in [0.2, 0.25) is 0 Å². The van der Waals surface area contributed by atoms with E-state index in [0.29, 0.717) is 13.1 Å². The van der Waals surface area contributed by atoms with Crippen molar-refractivity contribution in [1.29, 1.82) is 0 Å². The first-order valence-electron chi connectivity index (χ1n) is 10.5. The third-order valence-corrected chi connectivity index (χ3v) is 5.67. The van der Waals surface area contributed by atoms with E-state index in [2.05, 4.69) is 34.6 Å². The number of ether oxygens (including phenoxy) is 1. The number of rotatable bonds is 9. The summed E-state index contributed by atoms with van der Waals surface area (Å²) in [6.45, 7) is 2.87. The second kappa shape index (κ2) is 9.53. The molecule has 0 bridgehead atoms. The van der Waals surface area contributed by atoms with Crippen LogP contribution in [0.15, 0.2) is 77.5 Å². The minimum absolute atomic E-state index is 0.00300. The van der Waals surface area contributed by atoms with E-state index >= 15 is 0 Å². The second-order valence-corrected chi connectivity index (χ2v) is 7.66. The van der Waals surface area contributed by atoms with Crippen molar-refractivity contribution in [3.63, 3.8) is 0 Å². The molecule has 0 unspecified atom stereocenters. The van der Waals surface area contributed by atoms with Gasteiger partial charge in [0.05, 0.1) is 13.4 Å². The Labute approximate surface area is 181 Å². The smallest absolute Gasteiger partial charge is 0.275 e. The Kier molecular flexibility index (Phi) is 6.38. The number of benzene rings is 2. The third-order valence-electron chi connectivity index (χ3n) is 5.67. The topological polar surface area (TPSA) is 83.9 Å². The van der Waals surface area contributed by atoms with Gasteiger partial charge < -0.3 is 24.8 Å². The van der Waals surface area contributed by atoms with Crippen LogP contribution in [0.4, 0.5) is 0 Å². The SMILES string of the molecule is COc1ccc([C@@H](CNC(=O)C[NH2+][C@@H](C)c2ccco2)c2c[nH]c3ccccc23)cc1. The second-order valence-electron chi connectivity index (χ2n) is 7.66. The Morgan fingerprint density at radius 3 is 2.68 bits per heavy atom. The normalized spacial score (nSPS) is 13.1. The first-order valence-corrected chi connectivity index (χ1v) is 10.5. The molecule has 31 heavy (non-hydrogen) atoms. The highest BCUT2D eigenvalue weighted by molar-refractivity contribution is 5.84. The summed E-state index contributed by atoms with van der Waals surface area (Å²) in [7, 11) is 1.66. The van der Waals surface area contributed by atoms with Gasteiger partial charge in [-0.3, -0.25) is 4.79 Å². The largest absolute Gasteiger partial charge is 0.497 e. The fourth-order valence-electron chi connectivity index (χ4n) is 3.86. The maximum absolute atomic E-state index is 12.6. The van der Waals surface area contributed by atoms with Crippen molar-refractivity contribution < 1.29 is 19.3 Å². The van der Waals surface area contributed by atoms with Crippen LogP contribution in [-0.4, -0.2) is 31.1 Å². The van der Waals surface area contributed by atoms with Crippen LogP contribution >= 0.6 is 0 Å². The van der Waals surface area contributed by atoms with E-state index in [0.717, 1.165) is 33.5 Å². The van der Waals surface area contributed by atoms with Crippen LogP contribution in [0.2, 0.25) is 0 Å². The van der Waals surface area contributed by atoms with Crippen molar-refractivity contribution in [3.05, 3.63) is 90.0 Å². The zero-order valence-electron chi connectivity index (χ0n) is 17.8. The summed E-state index contributed by atoms with van der Waals surface area (Å²) >= 11 is 0. The van der Waals surface area contributed by atoms with E-state index in [9.17, 15) is 4.79 Å². The van der Waals surface area contributed by atoms with E-state index < -0.39 is 0 Å². The molecule has 4 aromatic rings. The number of aromatic nitrogens is 1. The molecule has 2 atom stereocenters. The van der Waals surface area contributed by atoms with Crippen molar-refractivity contribution in [2.24, 2.45) is 0 Å². The van der Waals surface area contributed by atoms with Gasteiger partial charge >= 0.3 is 0 Å². The Morgan fingerprint density at radius 1 is 1.13 bits per heavy atom. The van der Waals surface area contributed by atoms with Crippen molar-refractivity contribution in [3.8, 4) is 5.75 Å². The van der Waals surface area contributed by atoms with Crippen molar-refractivity contribution >= 4 is 16.8 Å². The number of H-pyrrole nitrogens is 1. The molecule has 2 aromatic carbocycles. The van der Waals surface area contributed by atoms with Gasteiger partial charge in [-0.15, -0.1) is 0 Å². The van der Waals surface area contributed by atoms with Crippen LogP contribution in [-0.2, 0) is 4.79 Å². The van der Waals surface area contributed by atoms with E-state index in [1.807, 2.05) is 54.8 Å². The number of furan rings is 1. The molecular weight excluding hydrogens is 390 g/mol. The number of hydrogen-bond acceptors (Lipinski definition) is 3. The molecule has 6 nitrogen and oxygen atoms in total. The van der Waals surface area contributed by atoms with Crippen molar-refractivity contribution in [2.45, 2.75) is 18.9 Å². The molecule has 6 heteroatoms. The third kappa shape index (κ3) is 4.81. The molecule has 0 saturated heterocycles. The molecule has 2 aromatic heterocycles. The number of quaternary nitrogens is 1. The van der Waals surface area contributed by atoms with Gasteiger partial charge in [0.1, 0.15) is 11.8 Å². The Hall–Kier alpha value is -3.51. The lowest BCUT2D eigenvalue weighted by Crippen LogP contribution is -2.87. The Morgan fingerprint density at radius 2 is 1.94 bits per heavy atom. The highest BCUT2D eigenvalue weighted by Crippen LogP contribution is 2.31. The summed E-state index contributed by atoms with van der Waals surface area (Å²) in [6, 6.07) is 20.1. The summed E-state index contributed by atoms with van der Waals surface area (Å²) in [5.41, 5.74) is 3.37. The molecule has 2 heterocycles. The van der Waals surface area contributed by atoms with Gasteiger partial charge in [-0.1, -0.05) is 30.3 Å². The van der Waals surface area contributed by atoms with Crippen molar-refractivity contribution in [1.82, 2.24) is 10.3 Å². The summed E-state index contributed by atoms with van der Waals surface area (Å²) in [5.74, 6) is 1.69. The highest BCUT2D eigenvalue weighted by atomic mass is 16.5. The number of carbonyl (C=O) groups is 1. The molecule has 0 aliphatic heterocycles. The molecule has 4 N–H and O–H groups in total. The summed E-state index contributed by atoms with van der Waals surface area (Å²) in [5, 5.41) is 6.25. The van der Waals surface area contributed by atoms with E-state index in [1.54, 1.807) is 13.4 Å². The number of fused-ring (bicyclic) bond motifs is 1. The average molecular weight is 419 g/mol. The lowest BCUT2D eigenvalue weighted by Gasteiger charge is -2.19. The Balaban J connectivity index is 1.48. The van der Waals surface area contributed by atoms with Crippen LogP contribution in [0.25, 0.3) is 10.9 Å². The lowest BCUT2D eigenvalue weighted by atomic mass is 9.91. The van der Waals surface area contributed by atoms with Gasteiger partial charge in [-0.25, -0.2) is 0 Å². The number of aromatic amines is 1. The molecular formula is C25H28N3O3+. The standard InChI is InChI=1S/C25H27N3O3/c1-17(24-8-5-13-31-24)26-16-25(29)28-14-21(18-9-11-19(30-2)12-10-18)22-15-27-23-7-4-3-6-20(22)23/h3-13,15,17,21,26-27H,14,16H2,1-2H3,(H,28,29)/p+1/t17-,21+/m0/s1. The van der Waals surface area contributed by atoms with E-state index in [1.165, 1.54) is 0 Å². The van der Waals surface area contributed by atoms with Crippen LogP contribution in [0.5, 0.6) is 5.75 Å². The van der Waals surface area contributed by atoms with Gasteiger partial charge in [-0.05, 0) is 48.4 Å². The summed E-state index contributed by atoms with van der Waals surface area (Å²) in [4.78, 5) is 15.9. The lowest BCUT2D eigenvalue weighted by molar-refractivity contribution is -0.684. The molecule has 4 rings (SSSR count). The number of nitrogens with two attached hydrogens (primary N) is 1. The molecule has 0 aliphatic carbocycles. The minimum Gasteiger partial charge on any atom is -0.497 e. The zero-order chi connectivity index (χ0) is 21.6. The maximum atomic E-state index is 12.6. The Bertz CT molecular complexity index is 1120. The monoisotopic (exact) mass is 418 g/mol. The minimum atomic E-state index is -0.00300. The first-order chi connectivity index (χ1) is 15.2.